The number of rotatable bonds is 8. The van der Waals surface area contributed by atoms with Crippen molar-refractivity contribution in [2.75, 3.05) is 21.3 Å². The van der Waals surface area contributed by atoms with Crippen molar-refractivity contribution in [2.45, 2.75) is 38.7 Å². The van der Waals surface area contributed by atoms with Gasteiger partial charge in [-0.2, -0.15) is 0 Å². The van der Waals surface area contributed by atoms with Crippen molar-refractivity contribution in [1.29, 1.82) is 5.41 Å². The molecule has 0 bridgehead atoms. The van der Waals surface area contributed by atoms with Gasteiger partial charge in [-0.1, -0.05) is 26.2 Å². The minimum Gasteiger partial charge on any atom is -0.377 e. The standard InChI is InChI=1S/C9H22O3Si.CHNO/c1-5-6-7-8-9-13(10-2,11-3)12-4;2-1-3/h5-9H2,1-4H3;2H. The average Bonchev–Trinajstić information content (AvgIpc) is 2.32. The van der Waals surface area contributed by atoms with Crippen LogP contribution in [-0.2, 0) is 18.1 Å². The Balaban J connectivity index is 0. The van der Waals surface area contributed by atoms with Crippen LogP contribution in [0, 0.1) is 5.41 Å². The van der Waals surface area contributed by atoms with Gasteiger partial charge in [0.15, 0.2) is 0 Å². The van der Waals surface area contributed by atoms with Gasteiger partial charge in [0.05, 0.1) is 0 Å². The third-order valence-corrected chi connectivity index (χ3v) is 5.10. The highest BCUT2D eigenvalue weighted by Crippen LogP contribution is 2.17. The molecule has 0 aromatic rings. The first-order valence-corrected chi connectivity index (χ1v) is 7.28. The van der Waals surface area contributed by atoms with Gasteiger partial charge >= 0.3 is 8.80 Å². The molecule has 5 nitrogen and oxygen atoms in total. The molecule has 6 heteroatoms. The highest BCUT2D eigenvalue weighted by molar-refractivity contribution is 6.60. The molecule has 0 fully saturated rings. The van der Waals surface area contributed by atoms with Crippen molar-refractivity contribution in [2.24, 2.45) is 0 Å². The zero-order valence-corrected chi connectivity index (χ0v) is 11.7. The minimum absolute atomic E-state index is 0.750. The Labute approximate surface area is 99.0 Å². The van der Waals surface area contributed by atoms with Crippen LogP contribution in [0.25, 0.3) is 0 Å². The lowest BCUT2D eigenvalue weighted by molar-refractivity contribution is 0.122. The lowest BCUT2D eigenvalue weighted by Crippen LogP contribution is -2.42. The average molecular weight is 249 g/mol. The van der Waals surface area contributed by atoms with Crippen molar-refractivity contribution in [1.82, 2.24) is 0 Å². The van der Waals surface area contributed by atoms with E-state index in [0.717, 1.165) is 18.5 Å². The van der Waals surface area contributed by atoms with E-state index in [2.05, 4.69) is 6.92 Å². The summed E-state index contributed by atoms with van der Waals surface area (Å²) in [7, 11) is 2.73. The monoisotopic (exact) mass is 249 g/mol. The molecule has 0 aliphatic carbocycles. The van der Waals surface area contributed by atoms with Crippen molar-refractivity contribution < 1.29 is 18.1 Å². The Morgan fingerprint density at radius 1 is 1.06 bits per heavy atom. The highest BCUT2D eigenvalue weighted by Gasteiger charge is 2.36. The molecule has 0 aliphatic rings. The second-order valence-electron chi connectivity index (χ2n) is 3.21. The second-order valence-corrected chi connectivity index (χ2v) is 6.30. The van der Waals surface area contributed by atoms with E-state index in [4.69, 9.17) is 23.5 Å². The van der Waals surface area contributed by atoms with Gasteiger partial charge < -0.3 is 13.3 Å². The smallest absolute Gasteiger partial charge is 0.377 e. The van der Waals surface area contributed by atoms with E-state index >= 15 is 0 Å². The first kappa shape index (κ1) is 17.9. The van der Waals surface area contributed by atoms with Gasteiger partial charge in [-0.25, -0.2) is 10.2 Å². The van der Waals surface area contributed by atoms with Crippen LogP contribution in [-0.4, -0.2) is 36.2 Å². The molecule has 0 saturated carbocycles. The first-order chi connectivity index (χ1) is 7.66. The minimum atomic E-state index is -2.27. The van der Waals surface area contributed by atoms with Crippen LogP contribution in [0.2, 0.25) is 6.04 Å². The molecule has 0 aromatic carbocycles. The molecule has 0 radical (unpaired) electrons. The van der Waals surface area contributed by atoms with Gasteiger partial charge in [0.1, 0.15) is 0 Å². The molecule has 16 heavy (non-hydrogen) atoms. The largest absolute Gasteiger partial charge is 0.500 e. The molecule has 96 valence electrons. The van der Waals surface area contributed by atoms with Gasteiger partial charge in [-0.05, 0) is 6.42 Å². The summed E-state index contributed by atoms with van der Waals surface area (Å²) in [6, 6.07) is 0.927. The Kier molecular flexibility index (Phi) is 14.0. The third-order valence-electron chi connectivity index (χ3n) is 2.27. The first-order valence-electron chi connectivity index (χ1n) is 5.35. The molecule has 0 spiro atoms. The third kappa shape index (κ3) is 8.76. The van der Waals surface area contributed by atoms with Gasteiger partial charge in [0.2, 0.25) is 6.08 Å². The quantitative estimate of drug-likeness (QED) is 0.310. The molecule has 0 saturated heterocycles. The number of unbranched alkanes of at least 4 members (excludes halogenated alkanes) is 3. The topological polar surface area (TPSA) is 68.6 Å². The SMILES string of the molecule is CCCCCC[Si](OC)(OC)OC.N=C=O. The zero-order valence-electron chi connectivity index (χ0n) is 10.7. The van der Waals surface area contributed by atoms with E-state index < -0.39 is 8.80 Å². The molecule has 1 N–H and O–H groups in total. The lowest BCUT2D eigenvalue weighted by Gasteiger charge is -2.24. The van der Waals surface area contributed by atoms with Crippen molar-refractivity contribution in [3.63, 3.8) is 0 Å². The Bertz CT molecular complexity index is 171. The van der Waals surface area contributed by atoms with Crippen LogP contribution in [0.5, 0.6) is 0 Å². The van der Waals surface area contributed by atoms with Gasteiger partial charge in [-0.15, -0.1) is 0 Å². The maximum absolute atomic E-state index is 8.35. The van der Waals surface area contributed by atoms with E-state index in [-0.39, 0.29) is 0 Å². The number of isocyanates is 1. The Morgan fingerprint density at radius 3 is 1.81 bits per heavy atom. The molecule has 0 heterocycles. The summed E-state index contributed by atoms with van der Waals surface area (Å²) in [5, 5.41) is 5.40. The fourth-order valence-corrected chi connectivity index (χ4v) is 3.12. The summed E-state index contributed by atoms with van der Waals surface area (Å²) in [4.78, 5) is 8.35. The van der Waals surface area contributed by atoms with Gasteiger partial charge in [-0.3, -0.25) is 0 Å². The van der Waals surface area contributed by atoms with Gasteiger partial charge in [0, 0.05) is 27.4 Å². The molecule has 0 rings (SSSR count). The summed E-state index contributed by atoms with van der Waals surface area (Å²) in [5.41, 5.74) is 0. The van der Waals surface area contributed by atoms with Crippen LogP contribution in [0.3, 0.4) is 0 Å². The second kappa shape index (κ2) is 12.5. The van der Waals surface area contributed by atoms with E-state index in [0.29, 0.717) is 0 Å². The number of nitrogens with one attached hydrogen (secondary N) is 1. The van der Waals surface area contributed by atoms with E-state index in [1.54, 1.807) is 21.3 Å². The maximum Gasteiger partial charge on any atom is 0.500 e. The maximum atomic E-state index is 8.35. The summed E-state index contributed by atoms with van der Waals surface area (Å²) in [6.07, 6.45) is 5.65. The summed E-state index contributed by atoms with van der Waals surface area (Å²) < 4.78 is 15.9. The number of carbonyl (C=O) groups excluding carboxylic acids is 1. The molecular formula is C10H23NO4Si. The molecule has 0 amide bonds. The van der Waals surface area contributed by atoms with Crippen LogP contribution in [0.4, 0.5) is 0 Å². The van der Waals surface area contributed by atoms with Crippen LogP contribution in [0.1, 0.15) is 32.6 Å². The predicted molar refractivity (Wildman–Crippen MR) is 64.1 cm³/mol. The molecule has 0 aliphatic heterocycles. The van der Waals surface area contributed by atoms with Crippen molar-refractivity contribution >= 4 is 14.9 Å². The van der Waals surface area contributed by atoms with Crippen molar-refractivity contribution in [3.05, 3.63) is 0 Å². The fraction of sp³-hybridized carbons (Fsp3) is 0.900. The Hall–Kier alpha value is -0.523. The number of hydrogen-bond donors (Lipinski definition) is 1. The Morgan fingerprint density at radius 2 is 1.50 bits per heavy atom. The van der Waals surface area contributed by atoms with E-state index in [1.807, 2.05) is 0 Å². The van der Waals surface area contributed by atoms with E-state index in [1.165, 1.54) is 19.3 Å². The number of hydrogen-bond acceptors (Lipinski definition) is 5. The fourth-order valence-electron chi connectivity index (χ4n) is 1.32. The van der Waals surface area contributed by atoms with Gasteiger partial charge in [0.25, 0.3) is 0 Å². The van der Waals surface area contributed by atoms with Crippen LogP contribution in [0.15, 0.2) is 0 Å². The highest BCUT2D eigenvalue weighted by atomic mass is 28.4. The predicted octanol–water partition coefficient (Wildman–Crippen LogP) is 2.35. The molecule has 0 atom stereocenters. The van der Waals surface area contributed by atoms with Crippen molar-refractivity contribution in [3.8, 4) is 0 Å². The zero-order chi connectivity index (χ0) is 12.9. The van der Waals surface area contributed by atoms with Crippen LogP contribution < -0.4 is 0 Å². The normalized spacial score (nSPS) is 10.2. The summed E-state index contributed by atoms with van der Waals surface area (Å²) in [6.45, 7) is 2.20. The molecule has 0 unspecified atom stereocenters. The molecule has 0 aromatic heterocycles. The lowest BCUT2D eigenvalue weighted by atomic mass is 10.2. The molecular weight excluding hydrogens is 226 g/mol. The summed E-state index contributed by atoms with van der Waals surface area (Å²) in [5.74, 6) is 0. The van der Waals surface area contributed by atoms with E-state index in [9.17, 15) is 0 Å². The van der Waals surface area contributed by atoms with Crippen LogP contribution >= 0.6 is 0 Å². The summed E-state index contributed by atoms with van der Waals surface area (Å²) >= 11 is 0.